The molecule has 0 fully saturated rings. The van der Waals surface area contributed by atoms with Gasteiger partial charge in [-0.25, -0.2) is 14.8 Å². The van der Waals surface area contributed by atoms with Crippen molar-refractivity contribution in [1.82, 2.24) is 51.2 Å². The van der Waals surface area contributed by atoms with Crippen LogP contribution in [0.3, 0.4) is 0 Å². The number of thiophene rings is 2. The number of para-hydroxylation sites is 2. The Bertz CT molecular complexity index is 2900. The summed E-state index contributed by atoms with van der Waals surface area (Å²) < 4.78 is 7.87. The molecule has 20 heteroatoms. The van der Waals surface area contributed by atoms with Crippen LogP contribution < -0.4 is 26.6 Å². The van der Waals surface area contributed by atoms with Gasteiger partial charge < -0.3 is 36.2 Å². The van der Waals surface area contributed by atoms with Gasteiger partial charge in [-0.05, 0) is 75.5 Å². The Morgan fingerprint density at radius 3 is 1.78 bits per heavy atom. The van der Waals surface area contributed by atoms with E-state index in [0.29, 0.717) is 58.5 Å². The fraction of sp³-hybridized carbons (Fsp3) is 0.340. The van der Waals surface area contributed by atoms with E-state index in [0.717, 1.165) is 88.0 Å². The highest BCUT2D eigenvalue weighted by molar-refractivity contribution is 7.23. The second kappa shape index (κ2) is 21.0. The van der Waals surface area contributed by atoms with E-state index in [1.165, 1.54) is 26.5 Å². The highest BCUT2D eigenvalue weighted by atomic mass is 32.1. The number of amides is 3. The van der Waals surface area contributed by atoms with E-state index in [1.807, 2.05) is 69.6 Å². The molecule has 0 unspecified atom stereocenters. The lowest BCUT2D eigenvalue weighted by Gasteiger charge is -2.30. The molecule has 0 atom stereocenters. The number of hydrogen-bond donors (Lipinski definition) is 7. The second-order valence-corrected chi connectivity index (χ2v) is 21.4. The van der Waals surface area contributed by atoms with Crippen molar-refractivity contribution in [1.29, 1.82) is 0 Å². The summed E-state index contributed by atoms with van der Waals surface area (Å²) in [6, 6.07) is 16.2. The van der Waals surface area contributed by atoms with Crippen LogP contribution in [0.15, 0.2) is 73.3 Å². The lowest BCUT2D eigenvalue weighted by Crippen LogP contribution is -2.39. The topological polar surface area (TPSA) is 207 Å². The van der Waals surface area contributed by atoms with Crippen LogP contribution in [0.4, 0.5) is 14.8 Å². The van der Waals surface area contributed by atoms with Gasteiger partial charge in [0.05, 0.1) is 39.4 Å². The van der Waals surface area contributed by atoms with Crippen molar-refractivity contribution in [2.75, 3.05) is 36.8 Å². The summed E-state index contributed by atoms with van der Waals surface area (Å²) in [5.41, 5.74) is 8.07. The number of ether oxygens (including phenoxy) is 1. The Hall–Kier alpha value is -5.87. The van der Waals surface area contributed by atoms with Crippen molar-refractivity contribution >= 4 is 93.7 Å². The van der Waals surface area contributed by atoms with Gasteiger partial charge in [0.1, 0.15) is 25.6 Å². The Morgan fingerprint density at radius 1 is 0.716 bits per heavy atom. The number of anilines is 2. The van der Waals surface area contributed by atoms with Gasteiger partial charge in [-0.3, -0.25) is 19.8 Å². The van der Waals surface area contributed by atoms with Crippen molar-refractivity contribution in [2.24, 2.45) is 0 Å². The number of carbonyl (C=O) groups excluding carboxylic acids is 3. The Labute approximate surface area is 403 Å². The van der Waals surface area contributed by atoms with Crippen LogP contribution in [0.25, 0.3) is 41.6 Å². The molecule has 348 valence electrons. The lowest BCUT2D eigenvalue weighted by molar-refractivity contribution is -0.116. The molecule has 7 N–H and O–H groups in total. The van der Waals surface area contributed by atoms with Gasteiger partial charge in [-0.15, -0.1) is 45.3 Å². The molecule has 2 aliphatic heterocycles. The van der Waals surface area contributed by atoms with Gasteiger partial charge in [0, 0.05) is 96.5 Å². The third-order valence-electron chi connectivity index (χ3n) is 11.0. The zero-order chi connectivity index (χ0) is 46.3. The van der Waals surface area contributed by atoms with Crippen molar-refractivity contribution in [3.8, 4) is 21.1 Å². The molecule has 0 saturated heterocycles. The number of aromatic amines is 2. The van der Waals surface area contributed by atoms with Gasteiger partial charge in [0.15, 0.2) is 0 Å². The molecule has 10 rings (SSSR count). The molecule has 8 aromatic rings. The molecule has 16 nitrogen and oxygen atoms in total. The number of fused-ring (bicyclic) bond motifs is 4. The van der Waals surface area contributed by atoms with Crippen molar-refractivity contribution in [3.05, 3.63) is 105 Å². The van der Waals surface area contributed by atoms with E-state index in [1.54, 1.807) is 51.3 Å². The SMILES string of the molecule is CC(C)(C)OC(=O)N1CCc2c(sc(NC(=O)CCNCc3cn[nH]c3)c2-c2nc3ccccc3s2)C1.O=C(CCNCc1cn[nH]c1)Nc1sc2c(c1-c1nc3ccccc3s1)CCNC2. The number of hydrogen-bond acceptors (Lipinski definition) is 15. The van der Waals surface area contributed by atoms with E-state index >= 15 is 0 Å². The fourth-order valence-corrected chi connectivity index (χ4v) is 12.5. The normalized spacial score (nSPS) is 13.5. The Morgan fingerprint density at radius 2 is 1.25 bits per heavy atom. The molecule has 0 radical (unpaired) electrons. The van der Waals surface area contributed by atoms with Crippen molar-refractivity contribution in [3.63, 3.8) is 0 Å². The number of H-pyrrole nitrogens is 2. The monoisotopic (exact) mass is 976 g/mol. The summed E-state index contributed by atoms with van der Waals surface area (Å²) in [5.74, 6) is -0.0479. The van der Waals surface area contributed by atoms with E-state index in [9.17, 15) is 14.4 Å². The van der Waals surface area contributed by atoms with Gasteiger partial charge in [0.25, 0.3) is 0 Å². The third-order valence-corrected chi connectivity index (χ3v) is 15.4. The molecule has 0 aliphatic carbocycles. The average Bonchev–Trinajstić information content (AvgIpc) is 4.17. The Kier molecular flexibility index (Phi) is 14.5. The number of aromatic nitrogens is 6. The predicted octanol–water partition coefficient (Wildman–Crippen LogP) is 8.67. The standard InChI is InChI=1S/C26H30N6O3S2.C21H22N6OS2/c1-26(2,3)35-25(34)32-11-9-17-20(15-32)37-24(22(17)23-30-18-6-4-5-7-19(18)36-23)31-21(33)8-10-27-12-16-13-28-29-14-16;28-18(6-8-22-9-13-10-24-25-11-13)27-21-19(14-5-7-23-12-17(14)30-21)20-26-15-3-1-2-4-16(15)29-20/h4-7,13-14,27H,8-12,15H2,1-3H3,(H,28,29)(H,31,33);1-4,10-11,22-23H,5-9,12H2,(H,24,25)(H,27,28). The average molecular weight is 977 g/mol. The summed E-state index contributed by atoms with van der Waals surface area (Å²) in [4.78, 5) is 52.1. The fourth-order valence-electron chi connectivity index (χ4n) is 7.80. The largest absolute Gasteiger partial charge is 0.444 e. The van der Waals surface area contributed by atoms with E-state index in [4.69, 9.17) is 14.7 Å². The van der Waals surface area contributed by atoms with Crippen LogP contribution in [-0.4, -0.2) is 85.0 Å². The molecular weight excluding hydrogens is 925 g/mol. The zero-order valence-corrected chi connectivity index (χ0v) is 40.7. The number of carbonyl (C=O) groups is 3. The molecule has 0 saturated carbocycles. The van der Waals surface area contributed by atoms with Gasteiger partial charge in [-0.1, -0.05) is 24.3 Å². The molecule has 3 amide bonds. The third kappa shape index (κ3) is 11.5. The lowest BCUT2D eigenvalue weighted by atomic mass is 10.0. The highest BCUT2D eigenvalue weighted by Gasteiger charge is 2.32. The van der Waals surface area contributed by atoms with E-state index in [2.05, 4.69) is 59.1 Å². The first-order valence-corrected chi connectivity index (χ1v) is 25.5. The molecular formula is C47H52N12O4S4. The summed E-state index contributed by atoms with van der Waals surface area (Å²) in [6.45, 7) is 10.9. The second-order valence-electron chi connectivity index (χ2n) is 17.1. The minimum absolute atomic E-state index is 0.0172. The van der Waals surface area contributed by atoms with Crippen LogP contribution in [0, 0.1) is 0 Å². The van der Waals surface area contributed by atoms with Crippen LogP contribution in [0.2, 0.25) is 0 Å². The summed E-state index contributed by atoms with van der Waals surface area (Å²) in [6.07, 6.45) is 9.28. The predicted molar refractivity (Wildman–Crippen MR) is 269 cm³/mol. The molecule has 8 heterocycles. The molecule has 0 bridgehead atoms. The molecule has 6 aromatic heterocycles. The number of thiazole rings is 2. The summed E-state index contributed by atoms with van der Waals surface area (Å²) >= 11 is 6.51. The van der Waals surface area contributed by atoms with Gasteiger partial charge >= 0.3 is 6.09 Å². The summed E-state index contributed by atoms with van der Waals surface area (Å²) in [5, 5.41) is 33.3. The van der Waals surface area contributed by atoms with Crippen LogP contribution >= 0.6 is 45.3 Å². The van der Waals surface area contributed by atoms with Crippen molar-refractivity contribution < 1.29 is 19.1 Å². The first-order chi connectivity index (χ1) is 32.5. The van der Waals surface area contributed by atoms with Gasteiger partial charge in [-0.2, -0.15) is 10.2 Å². The molecule has 67 heavy (non-hydrogen) atoms. The summed E-state index contributed by atoms with van der Waals surface area (Å²) in [7, 11) is 0. The van der Waals surface area contributed by atoms with Crippen LogP contribution in [-0.2, 0) is 53.3 Å². The molecule has 2 aliphatic rings. The maximum absolute atomic E-state index is 12.9. The first-order valence-electron chi connectivity index (χ1n) is 22.2. The van der Waals surface area contributed by atoms with Crippen molar-refractivity contribution in [2.45, 2.75) is 78.2 Å². The minimum atomic E-state index is -0.552. The van der Waals surface area contributed by atoms with Crippen LogP contribution in [0.5, 0.6) is 0 Å². The number of benzene rings is 2. The molecule has 0 spiro atoms. The maximum atomic E-state index is 12.9. The molecule has 2 aromatic carbocycles. The van der Waals surface area contributed by atoms with E-state index in [-0.39, 0.29) is 17.9 Å². The number of nitrogens with zero attached hydrogens (tertiary/aromatic N) is 5. The quantitative estimate of drug-likeness (QED) is 0.0513. The highest BCUT2D eigenvalue weighted by Crippen LogP contribution is 2.47. The van der Waals surface area contributed by atoms with E-state index < -0.39 is 5.60 Å². The Balaban J connectivity index is 0.000000171. The number of rotatable bonds is 14. The van der Waals surface area contributed by atoms with Crippen LogP contribution in [0.1, 0.15) is 65.6 Å². The van der Waals surface area contributed by atoms with Gasteiger partial charge in [0.2, 0.25) is 11.8 Å². The smallest absolute Gasteiger partial charge is 0.410 e. The number of nitrogens with one attached hydrogen (secondary N) is 7. The maximum Gasteiger partial charge on any atom is 0.410 e. The first kappa shape index (κ1) is 46.2. The zero-order valence-electron chi connectivity index (χ0n) is 37.4. The minimum Gasteiger partial charge on any atom is -0.444 e.